The fourth-order valence-corrected chi connectivity index (χ4v) is 5.10. The number of esters is 1. The molecule has 1 aliphatic heterocycles. The van der Waals surface area contributed by atoms with Crippen molar-refractivity contribution in [1.82, 2.24) is 9.21 Å². The number of carbonyl (C=O) groups is 2. The summed E-state index contributed by atoms with van der Waals surface area (Å²) in [4.78, 5) is 24.7. The quantitative estimate of drug-likeness (QED) is 0.468. The molecule has 1 saturated heterocycles. The van der Waals surface area contributed by atoms with Gasteiger partial charge in [-0.1, -0.05) is 0 Å². The lowest BCUT2D eigenvalue weighted by Crippen LogP contribution is -2.44. The van der Waals surface area contributed by atoms with E-state index in [-0.39, 0.29) is 22.9 Å². The highest BCUT2D eigenvalue weighted by atomic mass is 32.2. The first-order valence-electron chi connectivity index (χ1n) is 7.38. The van der Waals surface area contributed by atoms with Crippen molar-refractivity contribution < 1.29 is 27.5 Å². The van der Waals surface area contributed by atoms with Gasteiger partial charge in [0.1, 0.15) is 10.8 Å². The minimum atomic E-state index is -3.94. The summed E-state index contributed by atoms with van der Waals surface area (Å²) in [5.74, 6) is -0.648. The molecule has 0 radical (unpaired) electrons. The molecule has 0 aliphatic carbocycles. The maximum absolute atomic E-state index is 12.8. The molecule has 1 aromatic rings. The summed E-state index contributed by atoms with van der Waals surface area (Å²) in [7, 11) is -2.74. The van der Waals surface area contributed by atoms with Crippen molar-refractivity contribution in [2.24, 2.45) is 0 Å². The zero-order valence-corrected chi connectivity index (χ0v) is 15.0. The Kier molecular flexibility index (Phi) is 6.87. The molecule has 2 rings (SSSR count). The Labute approximate surface area is 145 Å². The fourth-order valence-electron chi connectivity index (χ4n) is 2.29. The Hall–Kier alpha value is -1.33. The first-order valence-corrected chi connectivity index (χ1v) is 9.70. The van der Waals surface area contributed by atoms with Gasteiger partial charge in [0.25, 0.3) is 10.0 Å². The normalized spacial score (nSPS) is 16.2. The van der Waals surface area contributed by atoms with Crippen molar-refractivity contribution in [3.8, 4) is 0 Å². The van der Waals surface area contributed by atoms with Crippen LogP contribution in [-0.4, -0.2) is 82.9 Å². The van der Waals surface area contributed by atoms with Crippen molar-refractivity contribution in [2.45, 2.75) is 4.21 Å². The number of carbonyl (C=O) groups excluding carboxylic acids is 2. The van der Waals surface area contributed by atoms with Crippen molar-refractivity contribution in [3.63, 3.8) is 0 Å². The molecule has 0 amide bonds. The molecule has 0 atom stereocenters. The Bertz CT molecular complexity index is 667. The van der Waals surface area contributed by atoms with Gasteiger partial charge in [0, 0.05) is 31.7 Å². The number of thiophene rings is 1. The van der Waals surface area contributed by atoms with E-state index in [0.717, 1.165) is 15.6 Å². The van der Waals surface area contributed by atoms with E-state index in [1.54, 1.807) is 0 Å². The molecule has 134 valence electrons. The predicted octanol–water partition coefficient (Wildman–Crippen LogP) is 0.0565. The second-order valence-electron chi connectivity index (χ2n) is 5.15. The van der Waals surface area contributed by atoms with Gasteiger partial charge in [-0.3, -0.25) is 14.5 Å². The summed E-state index contributed by atoms with van der Waals surface area (Å²) in [6, 6.07) is 1.45. The third kappa shape index (κ3) is 4.61. The van der Waals surface area contributed by atoms with Gasteiger partial charge < -0.3 is 9.47 Å². The SMILES string of the molecule is COC(=O)CN(CCN1CCOCC1)S(=O)(=O)c1sccc1C=O. The third-order valence-electron chi connectivity index (χ3n) is 3.66. The summed E-state index contributed by atoms with van der Waals surface area (Å²) in [6.45, 7) is 2.84. The minimum Gasteiger partial charge on any atom is -0.468 e. The van der Waals surface area contributed by atoms with Crippen LogP contribution in [0.3, 0.4) is 0 Å². The smallest absolute Gasteiger partial charge is 0.321 e. The lowest BCUT2D eigenvalue weighted by molar-refractivity contribution is -0.140. The summed E-state index contributed by atoms with van der Waals surface area (Å²) in [5.41, 5.74) is 0.0984. The number of hydrogen-bond donors (Lipinski definition) is 0. The van der Waals surface area contributed by atoms with Gasteiger partial charge in [-0.15, -0.1) is 11.3 Å². The van der Waals surface area contributed by atoms with E-state index < -0.39 is 16.0 Å². The molecule has 10 heteroatoms. The van der Waals surface area contributed by atoms with Crippen LogP contribution in [0.4, 0.5) is 0 Å². The molecule has 0 bridgehead atoms. The highest BCUT2D eigenvalue weighted by molar-refractivity contribution is 7.91. The van der Waals surface area contributed by atoms with E-state index in [4.69, 9.17) is 4.74 Å². The molecule has 1 fully saturated rings. The van der Waals surface area contributed by atoms with Crippen molar-refractivity contribution >= 4 is 33.6 Å². The highest BCUT2D eigenvalue weighted by Gasteiger charge is 2.30. The molecule has 0 aromatic carbocycles. The lowest BCUT2D eigenvalue weighted by Gasteiger charge is -2.29. The van der Waals surface area contributed by atoms with Crippen LogP contribution in [0.5, 0.6) is 0 Å². The number of ether oxygens (including phenoxy) is 2. The average Bonchev–Trinajstić information content (AvgIpc) is 3.08. The first-order chi connectivity index (χ1) is 11.5. The van der Waals surface area contributed by atoms with Crippen LogP contribution >= 0.6 is 11.3 Å². The van der Waals surface area contributed by atoms with Crippen molar-refractivity contribution in [3.05, 3.63) is 17.0 Å². The minimum absolute atomic E-state index is 0.0524. The molecule has 0 saturated carbocycles. The number of morpholine rings is 1. The van der Waals surface area contributed by atoms with E-state index in [1.807, 2.05) is 0 Å². The molecule has 0 unspecified atom stereocenters. The molecular weight excluding hydrogens is 356 g/mol. The molecule has 1 aliphatic rings. The van der Waals surface area contributed by atoms with E-state index in [1.165, 1.54) is 18.6 Å². The van der Waals surface area contributed by atoms with Gasteiger partial charge in [0.15, 0.2) is 6.29 Å². The number of methoxy groups -OCH3 is 1. The van der Waals surface area contributed by atoms with Gasteiger partial charge in [-0.2, -0.15) is 4.31 Å². The van der Waals surface area contributed by atoms with Crippen LogP contribution < -0.4 is 0 Å². The third-order valence-corrected chi connectivity index (χ3v) is 7.00. The van der Waals surface area contributed by atoms with Gasteiger partial charge >= 0.3 is 5.97 Å². The molecule has 1 aromatic heterocycles. The van der Waals surface area contributed by atoms with Crippen molar-refractivity contribution in [1.29, 1.82) is 0 Å². The van der Waals surface area contributed by atoms with E-state index >= 15 is 0 Å². The van der Waals surface area contributed by atoms with Gasteiger partial charge in [0.2, 0.25) is 0 Å². The zero-order chi connectivity index (χ0) is 17.6. The summed E-state index contributed by atoms with van der Waals surface area (Å²) >= 11 is 0.959. The van der Waals surface area contributed by atoms with E-state index in [2.05, 4.69) is 9.64 Å². The molecule has 24 heavy (non-hydrogen) atoms. The van der Waals surface area contributed by atoms with Crippen LogP contribution in [0.25, 0.3) is 0 Å². The standard InChI is InChI=1S/C14H20N2O6S2/c1-21-13(18)10-16(4-3-15-5-7-22-8-6-15)24(19,20)14-12(11-17)2-9-23-14/h2,9,11H,3-8,10H2,1H3. The predicted molar refractivity (Wildman–Crippen MR) is 87.7 cm³/mol. The maximum Gasteiger partial charge on any atom is 0.321 e. The first kappa shape index (κ1) is 19.0. The van der Waals surface area contributed by atoms with Gasteiger partial charge in [-0.05, 0) is 11.4 Å². The lowest BCUT2D eigenvalue weighted by atomic mass is 10.4. The summed E-state index contributed by atoms with van der Waals surface area (Å²) < 4.78 is 36.5. The average molecular weight is 376 g/mol. The molecule has 2 heterocycles. The molecule has 0 spiro atoms. The topological polar surface area (TPSA) is 93.2 Å². The second kappa shape index (κ2) is 8.67. The highest BCUT2D eigenvalue weighted by Crippen LogP contribution is 2.25. The monoisotopic (exact) mass is 376 g/mol. The maximum atomic E-state index is 12.8. The Morgan fingerprint density at radius 2 is 2.17 bits per heavy atom. The number of hydrogen-bond acceptors (Lipinski definition) is 8. The molecule has 8 nitrogen and oxygen atoms in total. The van der Waals surface area contributed by atoms with Crippen LogP contribution in [0, 0.1) is 0 Å². The van der Waals surface area contributed by atoms with Gasteiger partial charge in [-0.25, -0.2) is 8.42 Å². The Morgan fingerprint density at radius 1 is 1.46 bits per heavy atom. The number of aldehydes is 1. The largest absolute Gasteiger partial charge is 0.468 e. The summed E-state index contributed by atoms with van der Waals surface area (Å²) in [6.07, 6.45) is 0.502. The molecular formula is C14H20N2O6S2. The van der Waals surface area contributed by atoms with Crippen molar-refractivity contribution in [2.75, 3.05) is 53.0 Å². The Balaban J connectivity index is 2.17. The van der Waals surface area contributed by atoms with Crippen LogP contribution in [0.2, 0.25) is 0 Å². The fraction of sp³-hybridized carbons (Fsp3) is 0.571. The van der Waals surface area contributed by atoms with E-state index in [0.29, 0.717) is 39.1 Å². The van der Waals surface area contributed by atoms with Crippen LogP contribution in [-0.2, 0) is 24.3 Å². The zero-order valence-electron chi connectivity index (χ0n) is 13.3. The number of sulfonamides is 1. The summed E-state index contributed by atoms with van der Waals surface area (Å²) in [5, 5.41) is 1.54. The molecule has 0 N–H and O–H groups in total. The van der Waals surface area contributed by atoms with E-state index in [9.17, 15) is 18.0 Å². The van der Waals surface area contributed by atoms with Gasteiger partial charge in [0.05, 0.1) is 20.3 Å². The number of rotatable bonds is 8. The second-order valence-corrected chi connectivity index (χ2v) is 8.20. The van der Waals surface area contributed by atoms with Crippen LogP contribution in [0.1, 0.15) is 10.4 Å². The van der Waals surface area contributed by atoms with Crippen LogP contribution in [0.15, 0.2) is 15.7 Å². The Morgan fingerprint density at radius 3 is 2.79 bits per heavy atom. The number of nitrogens with zero attached hydrogens (tertiary/aromatic N) is 2.